The van der Waals surface area contributed by atoms with Crippen molar-refractivity contribution in [2.24, 2.45) is 0 Å². The van der Waals surface area contributed by atoms with Gasteiger partial charge in [-0.15, -0.1) is 0 Å². The summed E-state index contributed by atoms with van der Waals surface area (Å²) >= 11 is 6.15. The van der Waals surface area contributed by atoms with Crippen molar-refractivity contribution >= 4 is 34.8 Å². The molecule has 0 aliphatic heterocycles. The molecule has 0 aliphatic carbocycles. The van der Waals surface area contributed by atoms with E-state index in [2.05, 4.69) is 10.6 Å². The molecule has 0 fully saturated rings. The molecule has 2 aromatic carbocycles. The first kappa shape index (κ1) is 18.8. The molecular formula is C19H21ClN2O3. The van der Waals surface area contributed by atoms with Crippen LogP contribution < -0.4 is 15.4 Å². The Bertz CT molecular complexity index is 762. The Morgan fingerprint density at radius 2 is 1.88 bits per heavy atom. The number of carbonyl (C=O) groups is 2. The third-order valence-electron chi connectivity index (χ3n) is 3.39. The number of halogens is 1. The second-order valence-electron chi connectivity index (χ2n) is 5.43. The van der Waals surface area contributed by atoms with Crippen LogP contribution in [-0.2, 0) is 4.79 Å². The minimum atomic E-state index is -0.303. The predicted molar refractivity (Wildman–Crippen MR) is 101 cm³/mol. The smallest absolute Gasteiger partial charge is 0.255 e. The molecule has 6 heteroatoms. The van der Waals surface area contributed by atoms with Crippen LogP contribution in [0.2, 0.25) is 5.02 Å². The van der Waals surface area contributed by atoms with E-state index < -0.39 is 0 Å². The lowest BCUT2D eigenvalue weighted by Gasteiger charge is -2.11. The molecule has 0 spiro atoms. The molecule has 2 rings (SSSR count). The van der Waals surface area contributed by atoms with Gasteiger partial charge in [0.2, 0.25) is 5.91 Å². The molecule has 0 aromatic heterocycles. The zero-order chi connectivity index (χ0) is 18.2. The molecule has 0 unspecified atom stereocenters. The second-order valence-corrected chi connectivity index (χ2v) is 5.83. The minimum absolute atomic E-state index is 0.111. The zero-order valence-electron chi connectivity index (χ0n) is 14.3. The molecule has 0 saturated carbocycles. The highest BCUT2D eigenvalue weighted by molar-refractivity contribution is 6.34. The summed E-state index contributed by atoms with van der Waals surface area (Å²) in [6.45, 7) is 4.38. The van der Waals surface area contributed by atoms with Gasteiger partial charge in [0.15, 0.2) is 0 Å². The van der Waals surface area contributed by atoms with E-state index in [0.29, 0.717) is 40.7 Å². The topological polar surface area (TPSA) is 67.4 Å². The third-order valence-corrected chi connectivity index (χ3v) is 3.72. The predicted octanol–water partition coefficient (Wildman–Crippen LogP) is 4.73. The fraction of sp³-hybridized carbons (Fsp3) is 0.263. The quantitative estimate of drug-likeness (QED) is 0.750. The molecule has 0 radical (unpaired) electrons. The van der Waals surface area contributed by atoms with Crippen LogP contribution in [0.5, 0.6) is 5.75 Å². The summed E-state index contributed by atoms with van der Waals surface area (Å²) in [4.78, 5) is 24.0. The second kappa shape index (κ2) is 9.08. The van der Waals surface area contributed by atoms with E-state index in [1.807, 2.05) is 6.92 Å². The van der Waals surface area contributed by atoms with E-state index in [-0.39, 0.29) is 11.8 Å². The van der Waals surface area contributed by atoms with Crippen LogP contribution in [0.3, 0.4) is 0 Å². The first-order chi connectivity index (χ1) is 12.0. The summed E-state index contributed by atoms with van der Waals surface area (Å²) in [6.07, 6.45) is 1.26. The number of hydrogen-bond acceptors (Lipinski definition) is 3. The van der Waals surface area contributed by atoms with Crippen LogP contribution in [0.4, 0.5) is 11.4 Å². The first-order valence-electron chi connectivity index (χ1n) is 8.17. The van der Waals surface area contributed by atoms with E-state index in [0.717, 1.165) is 6.42 Å². The Morgan fingerprint density at radius 1 is 1.08 bits per heavy atom. The van der Waals surface area contributed by atoms with Crippen LogP contribution in [0.1, 0.15) is 37.0 Å². The van der Waals surface area contributed by atoms with Crippen molar-refractivity contribution in [1.29, 1.82) is 0 Å². The fourth-order valence-corrected chi connectivity index (χ4v) is 2.25. The molecule has 0 aliphatic rings. The molecule has 2 aromatic rings. The fourth-order valence-electron chi connectivity index (χ4n) is 2.09. The van der Waals surface area contributed by atoms with Crippen molar-refractivity contribution in [3.8, 4) is 5.75 Å². The number of anilines is 2. The van der Waals surface area contributed by atoms with E-state index >= 15 is 0 Å². The molecule has 0 heterocycles. The summed E-state index contributed by atoms with van der Waals surface area (Å²) < 4.78 is 5.54. The Balaban J connectivity index is 2.14. The SMILES string of the molecule is CCCOc1cccc(C(=O)Nc2cc(NC(=O)CC)ccc2Cl)c1. The first-order valence-corrected chi connectivity index (χ1v) is 8.55. The molecule has 0 atom stereocenters. The average Bonchev–Trinajstić information content (AvgIpc) is 2.62. The monoisotopic (exact) mass is 360 g/mol. The molecule has 0 saturated heterocycles. The van der Waals surface area contributed by atoms with E-state index in [1.165, 1.54) is 0 Å². The number of carbonyl (C=O) groups excluding carboxylic acids is 2. The number of hydrogen-bond donors (Lipinski definition) is 2. The summed E-state index contributed by atoms with van der Waals surface area (Å²) in [7, 11) is 0. The van der Waals surface area contributed by atoms with Crippen molar-refractivity contribution in [1.82, 2.24) is 0 Å². The van der Waals surface area contributed by atoms with Gasteiger partial charge in [0, 0.05) is 17.7 Å². The highest BCUT2D eigenvalue weighted by Gasteiger charge is 2.11. The Labute approximate surface area is 152 Å². The van der Waals surface area contributed by atoms with E-state index in [1.54, 1.807) is 49.4 Å². The van der Waals surface area contributed by atoms with Crippen LogP contribution in [-0.4, -0.2) is 18.4 Å². The van der Waals surface area contributed by atoms with Crippen LogP contribution in [0.15, 0.2) is 42.5 Å². The number of rotatable bonds is 7. The third kappa shape index (κ3) is 5.50. The molecule has 25 heavy (non-hydrogen) atoms. The number of nitrogens with one attached hydrogen (secondary N) is 2. The normalized spacial score (nSPS) is 10.2. The van der Waals surface area contributed by atoms with Crippen LogP contribution in [0, 0.1) is 0 Å². The van der Waals surface area contributed by atoms with Gasteiger partial charge in [0.25, 0.3) is 5.91 Å². The summed E-state index contributed by atoms with van der Waals surface area (Å²) in [5.41, 5.74) is 1.47. The maximum Gasteiger partial charge on any atom is 0.255 e. The Kier molecular flexibility index (Phi) is 6.83. The average molecular weight is 361 g/mol. The van der Waals surface area contributed by atoms with Gasteiger partial charge in [-0.25, -0.2) is 0 Å². The van der Waals surface area contributed by atoms with Crippen molar-refractivity contribution in [2.75, 3.05) is 17.2 Å². The van der Waals surface area contributed by atoms with E-state index in [9.17, 15) is 9.59 Å². The minimum Gasteiger partial charge on any atom is -0.494 e. The summed E-state index contributed by atoms with van der Waals surface area (Å²) in [5.74, 6) is 0.229. The lowest BCUT2D eigenvalue weighted by molar-refractivity contribution is -0.115. The van der Waals surface area contributed by atoms with Gasteiger partial charge in [-0.2, -0.15) is 0 Å². The summed E-state index contributed by atoms with van der Waals surface area (Å²) in [6, 6.07) is 11.9. The van der Waals surface area contributed by atoms with Gasteiger partial charge in [-0.05, 0) is 42.8 Å². The van der Waals surface area contributed by atoms with Gasteiger partial charge in [0.1, 0.15) is 5.75 Å². The lowest BCUT2D eigenvalue weighted by Crippen LogP contribution is -2.14. The summed E-state index contributed by atoms with van der Waals surface area (Å²) in [5, 5.41) is 5.89. The molecular weight excluding hydrogens is 340 g/mol. The highest BCUT2D eigenvalue weighted by Crippen LogP contribution is 2.26. The molecule has 132 valence electrons. The maximum atomic E-state index is 12.5. The maximum absolute atomic E-state index is 12.5. The molecule has 2 amide bonds. The van der Waals surface area contributed by atoms with Crippen molar-refractivity contribution in [3.63, 3.8) is 0 Å². The standard InChI is InChI=1S/C19H21ClN2O3/c1-3-10-25-15-7-5-6-13(11-15)19(24)22-17-12-14(8-9-16(17)20)21-18(23)4-2/h5-9,11-12H,3-4,10H2,1-2H3,(H,21,23)(H,22,24). The zero-order valence-corrected chi connectivity index (χ0v) is 15.0. The van der Waals surface area contributed by atoms with E-state index in [4.69, 9.17) is 16.3 Å². The Hall–Kier alpha value is -2.53. The van der Waals surface area contributed by atoms with Crippen LogP contribution in [0.25, 0.3) is 0 Å². The highest BCUT2D eigenvalue weighted by atomic mass is 35.5. The molecule has 2 N–H and O–H groups in total. The van der Waals surface area contributed by atoms with Gasteiger partial charge in [-0.3, -0.25) is 9.59 Å². The lowest BCUT2D eigenvalue weighted by atomic mass is 10.2. The number of amides is 2. The Morgan fingerprint density at radius 3 is 2.60 bits per heavy atom. The van der Waals surface area contributed by atoms with Crippen molar-refractivity contribution in [3.05, 3.63) is 53.1 Å². The van der Waals surface area contributed by atoms with Crippen LogP contribution >= 0.6 is 11.6 Å². The van der Waals surface area contributed by atoms with Gasteiger partial charge < -0.3 is 15.4 Å². The largest absolute Gasteiger partial charge is 0.494 e. The van der Waals surface area contributed by atoms with Crippen molar-refractivity contribution < 1.29 is 14.3 Å². The molecule has 0 bridgehead atoms. The molecule has 5 nitrogen and oxygen atoms in total. The van der Waals surface area contributed by atoms with Gasteiger partial charge >= 0.3 is 0 Å². The van der Waals surface area contributed by atoms with Gasteiger partial charge in [-0.1, -0.05) is 31.5 Å². The van der Waals surface area contributed by atoms with Gasteiger partial charge in [0.05, 0.1) is 17.3 Å². The van der Waals surface area contributed by atoms with Crippen molar-refractivity contribution in [2.45, 2.75) is 26.7 Å². The number of benzene rings is 2. The number of ether oxygens (including phenoxy) is 1.